The molecule has 1 atom stereocenters. The number of amides is 2. The number of hydrogen-bond acceptors (Lipinski definition) is 4. The molecule has 0 radical (unpaired) electrons. The van der Waals surface area contributed by atoms with E-state index >= 15 is 0 Å². The molecule has 30 heavy (non-hydrogen) atoms. The molecule has 1 saturated carbocycles. The van der Waals surface area contributed by atoms with E-state index in [1.54, 1.807) is 7.11 Å². The first-order chi connectivity index (χ1) is 14.6. The number of carbonyl (C=O) groups is 2. The van der Waals surface area contributed by atoms with E-state index in [2.05, 4.69) is 9.80 Å². The van der Waals surface area contributed by atoms with Gasteiger partial charge in [0.15, 0.2) is 0 Å². The second-order valence-corrected chi connectivity index (χ2v) is 9.02. The summed E-state index contributed by atoms with van der Waals surface area (Å²) in [5.74, 6) is 1.46. The largest absolute Gasteiger partial charge is 0.497 e. The van der Waals surface area contributed by atoms with Crippen LogP contribution in [0.1, 0.15) is 44.1 Å². The van der Waals surface area contributed by atoms with Crippen molar-refractivity contribution >= 4 is 11.8 Å². The second-order valence-electron chi connectivity index (χ2n) is 9.02. The Morgan fingerprint density at radius 2 is 1.90 bits per heavy atom. The Bertz CT molecular complexity index is 743. The Labute approximate surface area is 180 Å². The van der Waals surface area contributed by atoms with Crippen LogP contribution in [0.2, 0.25) is 0 Å². The first-order valence-corrected chi connectivity index (χ1v) is 11.6. The van der Waals surface area contributed by atoms with E-state index in [-0.39, 0.29) is 17.9 Å². The van der Waals surface area contributed by atoms with Crippen molar-refractivity contribution in [3.05, 3.63) is 29.8 Å². The van der Waals surface area contributed by atoms with Crippen molar-refractivity contribution in [2.45, 2.75) is 51.0 Å². The molecule has 0 aromatic heterocycles. The van der Waals surface area contributed by atoms with Crippen molar-refractivity contribution in [3.63, 3.8) is 0 Å². The molecule has 3 fully saturated rings. The third-order valence-corrected chi connectivity index (χ3v) is 6.76. The number of methoxy groups -OCH3 is 1. The molecule has 6 nitrogen and oxygen atoms in total. The van der Waals surface area contributed by atoms with Crippen LogP contribution in [0.4, 0.5) is 0 Å². The smallest absolute Gasteiger partial charge is 0.227 e. The van der Waals surface area contributed by atoms with Crippen LogP contribution in [0.25, 0.3) is 0 Å². The summed E-state index contributed by atoms with van der Waals surface area (Å²) in [6, 6.07) is 7.87. The van der Waals surface area contributed by atoms with Crippen LogP contribution >= 0.6 is 0 Å². The van der Waals surface area contributed by atoms with Gasteiger partial charge in [-0.15, -0.1) is 0 Å². The first-order valence-electron chi connectivity index (χ1n) is 11.6. The molecule has 164 valence electrons. The van der Waals surface area contributed by atoms with Crippen molar-refractivity contribution in [2.75, 3.05) is 46.4 Å². The molecule has 2 saturated heterocycles. The van der Waals surface area contributed by atoms with Crippen LogP contribution in [-0.2, 0) is 16.0 Å². The summed E-state index contributed by atoms with van der Waals surface area (Å²) in [6.07, 6.45) is 7.21. The summed E-state index contributed by atoms with van der Waals surface area (Å²) >= 11 is 0. The van der Waals surface area contributed by atoms with Gasteiger partial charge in [0.05, 0.1) is 19.6 Å². The summed E-state index contributed by atoms with van der Waals surface area (Å²) in [5.41, 5.74) is 0.971. The molecule has 2 amide bonds. The van der Waals surface area contributed by atoms with Gasteiger partial charge < -0.3 is 19.4 Å². The molecule has 6 heteroatoms. The monoisotopic (exact) mass is 413 g/mol. The van der Waals surface area contributed by atoms with E-state index in [4.69, 9.17) is 4.74 Å². The molecule has 0 N–H and O–H groups in total. The molecule has 1 aromatic carbocycles. The minimum atomic E-state index is 0.139. The normalized spacial score (nSPS) is 22.2. The zero-order valence-electron chi connectivity index (χ0n) is 18.2. The van der Waals surface area contributed by atoms with Crippen LogP contribution in [0.5, 0.6) is 5.75 Å². The van der Waals surface area contributed by atoms with E-state index in [1.807, 2.05) is 29.2 Å². The standard InChI is InChI=1S/C24H35N3O3/c1-30-22-7-5-6-19(16-22)17-23(28)26-13-10-21(18-26)27(24(29)20-8-9-20)15-14-25-11-3-2-4-12-25/h5-7,16,20-21H,2-4,8-15,17-18H2,1H3. The summed E-state index contributed by atoms with van der Waals surface area (Å²) in [5, 5.41) is 0. The topological polar surface area (TPSA) is 53.1 Å². The molecular weight excluding hydrogens is 378 g/mol. The maximum absolute atomic E-state index is 13.0. The number of carbonyl (C=O) groups excluding carboxylic acids is 2. The lowest BCUT2D eigenvalue weighted by atomic mass is 10.1. The predicted molar refractivity (Wildman–Crippen MR) is 116 cm³/mol. The van der Waals surface area contributed by atoms with Gasteiger partial charge in [-0.25, -0.2) is 0 Å². The van der Waals surface area contributed by atoms with Crippen LogP contribution in [0, 0.1) is 5.92 Å². The average Bonchev–Trinajstić information content (AvgIpc) is 3.52. The third-order valence-electron chi connectivity index (χ3n) is 6.76. The van der Waals surface area contributed by atoms with Gasteiger partial charge in [-0.1, -0.05) is 18.6 Å². The minimum Gasteiger partial charge on any atom is -0.497 e. The van der Waals surface area contributed by atoms with Gasteiger partial charge in [-0.2, -0.15) is 0 Å². The molecular formula is C24H35N3O3. The van der Waals surface area contributed by atoms with Gasteiger partial charge >= 0.3 is 0 Å². The summed E-state index contributed by atoms with van der Waals surface area (Å²) in [7, 11) is 1.64. The lowest BCUT2D eigenvalue weighted by Gasteiger charge is -2.33. The van der Waals surface area contributed by atoms with Crippen molar-refractivity contribution in [3.8, 4) is 5.75 Å². The van der Waals surface area contributed by atoms with E-state index in [9.17, 15) is 9.59 Å². The quantitative estimate of drug-likeness (QED) is 0.657. The lowest BCUT2D eigenvalue weighted by Crippen LogP contribution is -2.47. The third kappa shape index (κ3) is 5.34. The number of hydrogen-bond donors (Lipinski definition) is 0. The Morgan fingerprint density at radius 3 is 2.63 bits per heavy atom. The second kappa shape index (κ2) is 9.82. The molecule has 0 bridgehead atoms. The summed E-state index contributed by atoms with van der Waals surface area (Å²) < 4.78 is 5.27. The molecule has 4 rings (SSSR count). The Kier molecular flexibility index (Phi) is 6.93. The van der Waals surface area contributed by atoms with Crippen molar-refractivity contribution < 1.29 is 14.3 Å². The zero-order valence-corrected chi connectivity index (χ0v) is 18.2. The SMILES string of the molecule is COc1cccc(CC(=O)N2CCC(N(CCN3CCCCC3)C(=O)C3CC3)C2)c1. The minimum absolute atomic E-state index is 0.139. The highest BCUT2D eigenvalue weighted by Crippen LogP contribution is 2.33. The Balaban J connectivity index is 1.34. The fourth-order valence-corrected chi connectivity index (χ4v) is 4.76. The van der Waals surface area contributed by atoms with E-state index in [1.165, 1.54) is 19.3 Å². The van der Waals surface area contributed by atoms with Crippen LogP contribution < -0.4 is 4.74 Å². The summed E-state index contributed by atoms with van der Waals surface area (Å²) in [4.78, 5) is 32.4. The Morgan fingerprint density at radius 1 is 1.10 bits per heavy atom. The molecule has 0 spiro atoms. The average molecular weight is 414 g/mol. The summed E-state index contributed by atoms with van der Waals surface area (Å²) in [6.45, 7) is 5.49. The number of rotatable bonds is 8. The van der Waals surface area contributed by atoms with E-state index in [0.717, 1.165) is 63.3 Å². The highest BCUT2D eigenvalue weighted by molar-refractivity contribution is 5.82. The first kappa shape index (κ1) is 21.2. The highest BCUT2D eigenvalue weighted by atomic mass is 16.5. The van der Waals surface area contributed by atoms with Crippen LogP contribution in [-0.4, -0.2) is 78.9 Å². The van der Waals surface area contributed by atoms with Gasteiger partial charge in [0.2, 0.25) is 11.8 Å². The zero-order chi connectivity index (χ0) is 20.9. The maximum Gasteiger partial charge on any atom is 0.227 e. The number of likely N-dealkylation sites (tertiary alicyclic amines) is 2. The molecule has 2 heterocycles. The fraction of sp³-hybridized carbons (Fsp3) is 0.667. The maximum atomic E-state index is 13.0. The lowest BCUT2D eigenvalue weighted by molar-refractivity contribution is -0.136. The molecule has 1 aliphatic carbocycles. The Hall–Kier alpha value is -2.08. The molecule has 1 aromatic rings. The number of piperidine rings is 1. The van der Waals surface area contributed by atoms with Gasteiger partial charge in [0.25, 0.3) is 0 Å². The van der Waals surface area contributed by atoms with Crippen molar-refractivity contribution in [1.82, 2.24) is 14.7 Å². The van der Waals surface area contributed by atoms with E-state index < -0.39 is 0 Å². The number of benzene rings is 1. The van der Waals surface area contributed by atoms with Gasteiger partial charge in [-0.05, 0) is 62.9 Å². The molecule has 2 aliphatic heterocycles. The van der Waals surface area contributed by atoms with Gasteiger partial charge in [-0.3, -0.25) is 9.59 Å². The van der Waals surface area contributed by atoms with Crippen molar-refractivity contribution in [2.24, 2.45) is 5.92 Å². The van der Waals surface area contributed by atoms with Crippen LogP contribution in [0.15, 0.2) is 24.3 Å². The molecule has 1 unspecified atom stereocenters. The predicted octanol–water partition coefficient (Wildman–Crippen LogP) is 2.56. The van der Waals surface area contributed by atoms with Gasteiger partial charge in [0, 0.05) is 32.1 Å². The number of ether oxygens (including phenoxy) is 1. The van der Waals surface area contributed by atoms with Gasteiger partial charge in [0.1, 0.15) is 5.75 Å². The molecule has 3 aliphatic rings. The van der Waals surface area contributed by atoms with E-state index in [0.29, 0.717) is 18.9 Å². The fourth-order valence-electron chi connectivity index (χ4n) is 4.76. The number of nitrogens with zero attached hydrogens (tertiary/aromatic N) is 3. The highest BCUT2D eigenvalue weighted by Gasteiger charge is 2.39. The van der Waals surface area contributed by atoms with Crippen molar-refractivity contribution in [1.29, 1.82) is 0 Å². The van der Waals surface area contributed by atoms with Crippen LogP contribution in [0.3, 0.4) is 0 Å².